The summed E-state index contributed by atoms with van der Waals surface area (Å²) < 4.78 is 1.79. The number of thiophene rings is 1. The second kappa shape index (κ2) is 6.93. The lowest BCUT2D eigenvalue weighted by atomic mass is 9.99. The highest BCUT2D eigenvalue weighted by molar-refractivity contribution is 7.08. The lowest BCUT2D eigenvalue weighted by molar-refractivity contribution is 0.0604. The Morgan fingerprint density at radius 1 is 1.55 bits per heavy atom. The molecule has 3 N–H and O–H groups in total. The molecule has 0 bridgehead atoms. The second-order valence-corrected chi connectivity index (χ2v) is 6.72. The largest absolute Gasteiger partial charge is 0.384 e. The van der Waals surface area contributed by atoms with E-state index in [1.54, 1.807) is 24.0 Å². The second-order valence-electron chi connectivity index (χ2n) is 5.94. The van der Waals surface area contributed by atoms with Gasteiger partial charge in [-0.25, -0.2) is 4.79 Å². The number of hydrogen-bond acceptors (Lipinski definition) is 4. The monoisotopic (exact) mass is 322 g/mol. The van der Waals surface area contributed by atoms with Gasteiger partial charge < -0.3 is 15.7 Å². The molecule has 0 aliphatic heterocycles. The van der Waals surface area contributed by atoms with Gasteiger partial charge in [-0.15, -0.1) is 0 Å². The molecule has 2 rings (SSSR count). The fourth-order valence-electron chi connectivity index (χ4n) is 2.00. The van der Waals surface area contributed by atoms with Crippen LogP contribution < -0.4 is 10.6 Å². The Balaban J connectivity index is 1.84. The number of aromatic nitrogens is 2. The van der Waals surface area contributed by atoms with Crippen LogP contribution in [0.25, 0.3) is 0 Å². The normalized spacial score (nSPS) is 13.9. The number of urea groups is 1. The Morgan fingerprint density at radius 3 is 2.95 bits per heavy atom. The fourth-order valence-corrected chi connectivity index (χ4v) is 2.79. The average molecular weight is 322 g/mol. The predicted octanol–water partition coefficient (Wildman–Crippen LogP) is 2.63. The van der Waals surface area contributed by atoms with Crippen molar-refractivity contribution >= 4 is 23.1 Å². The molecule has 0 radical (unpaired) electrons. The lowest BCUT2D eigenvalue weighted by Crippen LogP contribution is -2.40. The van der Waals surface area contributed by atoms with Gasteiger partial charge in [-0.1, -0.05) is 13.8 Å². The van der Waals surface area contributed by atoms with Crippen molar-refractivity contribution in [3.63, 3.8) is 0 Å². The first-order valence-corrected chi connectivity index (χ1v) is 8.13. The molecule has 22 heavy (non-hydrogen) atoms. The highest BCUT2D eigenvalue weighted by atomic mass is 32.1. The molecule has 0 aliphatic rings. The van der Waals surface area contributed by atoms with Gasteiger partial charge >= 0.3 is 6.03 Å². The van der Waals surface area contributed by atoms with Crippen LogP contribution in [0.3, 0.4) is 0 Å². The molecule has 120 valence electrons. The zero-order valence-electron chi connectivity index (χ0n) is 13.0. The molecule has 0 saturated heterocycles. The summed E-state index contributed by atoms with van der Waals surface area (Å²) in [5, 5.41) is 23.7. The number of aliphatic hydroxyl groups is 1. The van der Waals surface area contributed by atoms with Crippen LogP contribution in [0, 0.1) is 5.92 Å². The van der Waals surface area contributed by atoms with E-state index in [0.29, 0.717) is 11.6 Å². The van der Waals surface area contributed by atoms with Crippen LogP contribution in [0.2, 0.25) is 0 Å². The SMILES string of the molecule is CC(C)Cn1cc(NC(=O)NCC(C)(O)c2ccsc2)cn1. The minimum Gasteiger partial charge on any atom is -0.384 e. The summed E-state index contributed by atoms with van der Waals surface area (Å²) in [5.74, 6) is 0.488. The van der Waals surface area contributed by atoms with Crippen molar-refractivity contribution in [2.45, 2.75) is 32.9 Å². The number of nitrogens with zero attached hydrogens (tertiary/aromatic N) is 2. The first-order chi connectivity index (χ1) is 10.4. The number of anilines is 1. The van der Waals surface area contributed by atoms with Gasteiger partial charge in [0, 0.05) is 12.7 Å². The van der Waals surface area contributed by atoms with Crippen LogP contribution in [-0.4, -0.2) is 27.5 Å². The fraction of sp³-hybridized carbons (Fsp3) is 0.467. The van der Waals surface area contributed by atoms with Gasteiger partial charge in [0.05, 0.1) is 18.4 Å². The minimum atomic E-state index is -1.08. The van der Waals surface area contributed by atoms with E-state index in [0.717, 1.165) is 12.1 Å². The summed E-state index contributed by atoms with van der Waals surface area (Å²) in [6.45, 7) is 6.82. The number of nitrogens with one attached hydrogen (secondary N) is 2. The summed E-state index contributed by atoms with van der Waals surface area (Å²) in [4.78, 5) is 11.9. The first-order valence-electron chi connectivity index (χ1n) is 7.19. The predicted molar refractivity (Wildman–Crippen MR) is 88.0 cm³/mol. The van der Waals surface area contributed by atoms with E-state index in [9.17, 15) is 9.90 Å². The van der Waals surface area contributed by atoms with Crippen molar-refractivity contribution in [3.8, 4) is 0 Å². The van der Waals surface area contributed by atoms with Gasteiger partial charge in [-0.2, -0.15) is 16.4 Å². The molecule has 6 nitrogen and oxygen atoms in total. The molecule has 1 atom stereocenters. The van der Waals surface area contributed by atoms with Crippen LogP contribution in [0.15, 0.2) is 29.2 Å². The van der Waals surface area contributed by atoms with Gasteiger partial charge in [0.2, 0.25) is 0 Å². The summed E-state index contributed by atoms with van der Waals surface area (Å²) in [5.41, 5.74) is 0.343. The lowest BCUT2D eigenvalue weighted by Gasteiger charge is -2.22. The maximum absolute atomic E-state index is 11.9. The van der Waals surface area contributed by atoms with Crippen LogP contribution in [-0.2, 0) is 12.1 Å². The first kappa shape index (κ1) is 16.5. The Hall–Kier alpha value is -1.86. The van der Waals surface area contributed by atoms with Crippen LogP contribution >= 0.6 is 11.3 Å². The Kier molecular flexibility index (Phi) is 5.20. The van der Waals surface area contributed by atoms with Gasteiger partial charge in [-0.3, -0.25) is 4.68 Å². The van der Waals surface area contributed by atoms with E-state index in [2.05, 4.69) is 29.6 Å². The molecule has 2 aromatic rings. The molecule has 0 saturated carbocycles. The quantitative estimate of drug-likeness (QED) is 0.765. The van der Waals surface area contributed by atoms with E-state index in [4.69, 9.17) is 0 Å². The standard InChI is InChI=1S/C15H22N4O2S/c1-11(2)7-19-8-13(6-17-19)18-14(20)16-10-15(3,21)12-4-5-22-9-12/h4-6,8-9,11,21H,7,10H2,1-3H3,(H2,16,18,20). The molecule has 2 amide bonds. The third kappa shape index (κ3) is 4.57. The molecule has 2 aromatic heterocycles. The maximum Gasteiger partial charge on any atom is 0.319 e. The van der Waals surface area contributed by atoms with Gasteiger partial charge in [-0.05, 0) is 35.2 Å². The minimum absolute atomic E-state index is 0.135. The number of hydrogen-bond donors (Lipinski definition) is 3. The Bertz CT molecular complexity index is 605. The van der Waals surface area contributed by atoms with E-state index in [1.165, 1.54) is 11.3 Å². The Labute approximate surface area is 134 Å². The molecule has 0 aliphatic carbocycles. The topological polar surface area (TPSA) is 79.2 Å². The summed E-state index contributed by atoms with van der Waals surface area (Å²) in [6, 6.07) is 1.49. The molecular weight excluding hydrogens is 300 g/mol. The number of amides is 2. The molecule has 7 heteroatoms. The van der Waals surface area contributed by atoms with Crippen LogP contribution in [0.4, 0.5) is 10.5 Å². The number of carbonyl (C=O) groups is 1. The van der Waals surface area contributed by atoms with E-state index in [1.807, 2.05) is 16.8 Å². The van der Waals surface area contributed by atoms with E-state index >= 15 is 0 Å². The molecule has 1 unspecified atom stereocenters. The highest BCUT2D eigenvalue weighted by Crippen LogP contribution is 2.22. The van der Waals surface area contributed by atoms with Crippen molar-refractivity contribution in [1.29, 1.82) is 0 Å². The third-order valence-electron chi connectivity index (χ3n) is 3.18. The van der Waals surface area contributed by atoms with Crippen molar-refractivity contribution in [1.82, 2.24) is 15.1 Å². The van der Waals surface area contributed by atoms with Crippen molar-refractivity contribution in [3.05, 3.63) is 34.8 Å². The zero-order chi connectivity index (χ0) is 16.2. The molecule has 2 heterocycles. The molecule has 0 aromatic carbocycles. The van der Waals surface area contributed by atoms with Gasteiger partial charge in [0.15, 0.2) is 0 Å². The average Bonchev–Trinajstić information content (AvgIpc) is 3.08. The molecule has 0 spiro atoms. The van der Waals surface area contributed by atoms with E-state index in [-0.39, 0.29) is 12.6 Å². The van der Waals surface area contributed by atoms with Crippen LogP contribution in [0.1, 0.15) is 26.3 Å². The molecular formula is C15H22N4O2S. The van der Waals surface area contributed by atoms with Gasteiger partial charge in [0.25, 0.3) is 0 Å². The Morgan fingerprint density at radius 2 is 2.32 bits per heavy atom. The van der Waals surface area contributed by atoms with Gasteiger partial charge in [0.1, 0.15) is 5.60 Å². The van der Waals surface area contributed by atoms with Crippen molar-refractivity contribution in [2.24, 2.45) is 5.92 Å². The smallest absolute Gasteiger partial charge is 0.319 e. The summed E-state index contributed by atoms with van der Waals surface area (Å²) in [7, 11) is 0. The van der Waals surface area contributed by atoms with Crippen LogP contribution in [0.5, 0.6) is 0 Å². The third-order valence-corrected chi connectivity index (χ3v) is 3.86. The summed E-state index contributed by atoms with van der Waals surface area (Å²) >= 11 is 1.51. The number of rotatable bonds is 6. The number of carbonyl (C=O) groups excluding carboxylic acids is 1. The maximum atomic E-state index is 11.9. The van der Waals surface area contributed by atoms with Crippen molar-refractivity contribution in [2.75, 3.05) is 11.9 Å². The summed E-state index contributed by atoms with van der Waals surface area (Å²) in [6.07, 6.45) is 3.40. The zero-order valence-corrected chi connectivity index (χ0v) is 13.9. The highest BCUT2D eigenvalue weighted by Gasteiger charge is 2.24. The molecule has 0 fully saturated rings. The van der Waals surface area contributed by atoms with Crippen molar-refractivity contribution < 1.29 is 9.90 Å². The van der Waals surface area contributed by atoms with E-state index < -0.39 is 5.60 Å².